The standard InChI is InChI=1S/C10H19PS/c1-4-9-7-8-11(12,6-3)10(9)5-2/h4-8H2,1-3H3. The Morgan fingerprint density at radius 3 is 2.33 bits per heavy atom. The van der Waals surface area contributed by atoms with Crippen LogP contribution in [0.1, 0.15) is 40.0 Å². The van der Waals surface area contributed by atoms with E-state index >= 15 is 0 Å². The van der Waals surface area contributed by atoms with Crippen molar-refractivity contribution in [3.63, 3.8) is 0 Å². The second-order valence-corrected chi connectivity index (χ2v) is 8.93. The summed E-state index contributed by atoms with van der Waals surface area (Å²) in [5.74, 6) is 0. The molecule has 0 saturated heterocycles. The van der Waals surface area contributed by atoms with Crippen molar-refractivity contribution in [1.29, 1.82) is 0 Å². The van der Waals surface area contributed by atoms with Gasteiger partial charge in [0.2, 0.25) is 0 Å². The largest absolute Gasteiger partial charge is 0.551 e. The molecule has 2 heteroatoms. The normalized spacial score (nSPS) is 30.0. The van der Waals surface area contributed by atoms with Gasteiger partial charge in [-0.2, -0.15) is 0 Å². The summed E-state index contributed by atoms with van der Waals surface area (Å²) in [7, 11) is 0. The number of rotatable bonds is 3. The summed E-state index contributed by atoms with van der Waals surface area (Å²) in [6, 6.07) is 0. The molecule has 70 valence electrons. The van der Waals surface area contributed by atoms with Crippen molar-refractivity contribution in [2.45, 2.75) is 40.0 Å². The Kier molecular flexibility index (Phi) is 3.67. The molecular formula is C10H19PS. The first-order chi connectivity index (χ1) is 5.68. The second kappa shape index (κ2) is 4.15. The highest BCUT2D eigenvalue weighted by Crippen LogP contribution is 2.70. The van der Waals surface area contributed by atoms with Crippen molar-refractivity contribution in [1.82, 2.24) is 0 Å². The molecule has 1 rings (SSSR count). The maximum atomic E-state index is 5.79. The molecule has 0 aromatic rings. The average Bonchev–Trinajstić information content (AvgIpc) is 2.43. The molecule has 1 atom stereocenters. The monoisotopic (exact) mass is 202 g/mol. The summed E-state index contributed by atoms with van der Waals surface area (Å²) < 4.78 is 0. The van der Waals surface area contributed by atoms with E-state index in [1.807, 2.05) is 0 Å². The lowest BCUT2D eigenvalue weighted by atomic mass is 10.1. The maximum Gasteiger partial charge on any atom is 0.0493 e. The Morgan fingerprint density at radius 1 is 1.25 bits per heavy atom. The van der Waals surface area contributed by atoms with E-state index in [0.717, 1.165) is 0 Å². The van der Waals surface area contributed by atoms with Gasteiger partial charge < -0.3 is 12.2 Å². The Morgan fingerprint density at radius 2 is 1.92 bits per heavy atom. The zero-order valence-corrected chi connectivity index (χ0v) is 10.1. The molecule has 1 aliphatic heterocycles. The van der Waals surface area contributed by atoms with Gasteiger partial charge in [-0.3, -0.25) is 0 Å². The van der Waals surface area contributed by atoms with Crippen LogP contribution in [0.4, 0.5) is 0 Å². The molecule has 0 aromatic carbocycles. The fourth-order valence-corrected chi connectivity index (χ4v) is 6.22. The van der Waals surface area contributed by atoms with Crippen molar-refractivity contribution in [3.05, 3.63) is 10.9 Å². The SMILES string of the molecule is CCC1=C(CC)[P+]([S-])(CC)CC1. The number of hydrogen-bond acceptors (Lipinski definition) is 1. The lowest BCUT2D eigenvalue weighted by Gasteiger charge is -2.29. The van der Waals surface area contributed by atoms with Crippen molar-refractivity contribution in [2.75, 3.05) is 12.3 Å². The molecule has 0 saturated carbocycles. The quantitative estimate of drug-likeness (QED) is 0.493. The maximum absolute atomic E-state index is 5.79. The predicted molar refractivity (Wildman–Crippen MR) is 61.9 cm³/mol. The van der Waals surface area contributed by atoms with Gasteiger partial charge in [0.25, 0.3) is 0 Å². The molecule has 1 heterocycles. The topological polar surface area (TPSA) is 0 Å². The summed E-state index contributed by atoms with van der Waals surface area (Å²) in [5.41, 5.74) is 1.70. The lowest BCUT2D eigenvalue weighted by Crippen LogP contribution is -1.94. The van der Waals surface area contributed by atoms with Gasteiger partial charge in [-0.05, 0) is 18.9 Å². The third kappa shape index (κ3) is 1.72. The minimum absolute atomic E-state index is 1.02. The first-order valence-corrected chi connectivity index (χ1v) is 8.14. The molecule has 0 radical (unpaired) electrons. The molecule has 1 unspecified atom stereocenters. The third-order valence-electron chi connectivity index (χ3n) is 2.95. The Bertz CT molecular complexity index is 198. The predicted octanol–water partition coefficient (Wildman–Crippen LogP) is 3.96. The van der Waals surface area contributed by atoms with Crippen LogP contribution in [-0.4, -0.2) is 12.3 Å². The minimum Gasteiger partial charge on any atom is -0.551 e. The Balaban J connectivity index is 2.90. The molecule has 0 aliphatic carbocycles. The molecule has 0 nitrogen and oxygen atoms in total. The fourth-order valence-electron chi connectivity index (χ4n) is 2.15. The minimum atomic E-state index is -1.02. The van der Waals surface area contributed by atoms with Crippen LogP contribution in [0.2, 0.25) is 0 Å². The van der Waals surface area contributed by atoms with Gasteiger partial charge in [0, 0.05) is 30.5 Å². The van der Waals surface area contributed by atoms with Crippen LogP contribution in [0.15, 0.2) is 10.9 Å². The van der Waals surface area contributed by atoms with E-state index < -0.39 is 6.46 Å². The van der Waals surface area contributed by atoms with E-state index in [1.54, 1.807) is 10.9 Å². The van der Waals surface area contributed by atoms with Crippen LogP contribution in [0, 0.1) is 0 Å². The van der Waals surface area contributed by atoms with Crippen molar-refractivity contribution in [3.8, 4) is 0 Å². The fraction of sp³-hybridized carbons (Fsp3) is 0.800. The zero-order valence-electron chi connectivity index (χ0n) is 8.39. The summed E-state index contributed by atoms with van der Waals surface area (Å²) in [5, 5.41) is 1.70. The van der Waals surface area contributed by atoms with Gasteiger partial charge in [0.05, 0.1) is 0 Å². The first kappa shape index (κ1) is 10.6. The molecule has 0 bridgehead atoms. The molecule has 0 fully saturated rings. The molecular weight excluding hydrogens is 183 g/mol. The van der Waals surface area contributed by atoms with Gasteiger partial charge in [-0.1, -0.05) is 20.3 Å². The van der Waals surface area contributed by atoms with Crippen LogP contribution in [0.3, 0.4) is 0 Å². The van der Waals surface area contributed by atoms with Crippen LogP contribution >= 0.6 is 6.46 Å². The van der Waals surface area contributed by atoms with Gasteiger partial charge in [0.15, 0.2) is 0 Å². The Hall–Kier alpha value is 0.520. The third-order valence-corrected chi connectivity index (χ3v) is 8.51. The van der Waals surface area contributed by atoms with E-state index in [0.29, 0.717) is 0 Å². The van der Waals surface area contributed by atoms with Crippen molar-refractivity contribution < 1.29 is 0 Å². The lowest BCUT2D eigenvalue weighted by molar-refractivity contribution is 0.975. The van der Waals surface area contributed by atoms with Crippen LogP contribution in [0.5, 0.6) is 0 Å². The van der Waals surface area contributed by atoms with E-state index in [4.69, 9.17) is 12.2 Å². The van der Waals surface area contributed by atoms with Crippen molar-refractivity contribution in [2.24, 2.45) is 0 Å². The average molecular weight is 202 g/mol. The van der Waals surface area contributed by atoms with Crippen LogP contribution in [0.25, 0.3) is 0 Å². The summed E-state index contributed by atoms with van der Waals surface area (Å²) in [6.45, 7) is 5.79. The molecule has 12 heavy (non-hydrogen) atoms. The molecule has 0 amide bonds. The molecule has 1 aliphatic rings. The highest BCUT2D eigenvalue weighted by Gasteiger charge is 2.33. The second-order valence-electron chi connectivity index (χ2n) is 3.44. The van der Waals surface area contributed by atoms with Crippen molar-refractivity contribution >= 4 is 18.7 Å². The summed E-state index contributed by atoms with van der Waals surface area (Å²) in [4.78, 5) is 0. The van der Waals surface area contributed by atoms with E-state index in [2.05, 4.69) is 20.8 Å². The number of hydrogen-bond donors (Lipinski definition) is 0. The van der Waals surface area contributed by atoms with Crippen LogP contribution in [-0.2, 0) is 12.2 Å². The summed E-state index contributed by atoms with van der Waals surface area (Å²) >= 11 is 5.79. The van der Waals surface area contributed by atoms with E-state index in [-0.39, 0.29) is 0 Å². The molecule has 0 N–H and O–H groups in total. The zero-order chi connectivity index (χ0) is 9.19. The van der Waals surface area contributed by atoms with Gasteiger partial charge in [-0.15, -0.1) is 0 Å². The smallest absolute Gasteiger partial charge is 0.0493 e. The van der Waals surface area contributed by atoms with Crippen LogP contribution < -0.4 is 0 Å². The summed E-state index contributed by atoms with van der Waals surface area (Å²) in [6.07, 6.45) is 6.33. The number of allylic oxidation sites excluding steroid dienone is 2. The highest BCUT2D eigenvalue weighted by molar-refractivity contribution is 8.44. The van der Waals surface area contributed by atoms with E-state index in [1.165, 1.54) is 31.6 Å². The van der Waals surface area contributed by atoms with E-state index in [9.17, 15) is 0 Å². The van der Waals surface area contributed by atoms with Gasteiger partial charge in [-0.25, -0.2) is 0 Å². The highest BCUT2D eigenvalue weighted by atomic mass is 32.7. The Labute approximate surface area is 82.3 Å². The molecule has 0 aromatic heterocycles. The first-order valence-electron chi connectivity index (χ1n) is 4.97. The van der Waals surface area contributed by atoms with Gasteiger partial charge in [0.1, 0.15) is 0 Å². The van der Waals surface area contributed by atoms with Gasteiger partial charge >= 0.3 is 0 Å². The molecule has 0 spiro atoms.